The third-order valence-electron chi connectivity index (χ3n) is 5.74. The van der Waals surface area contributed by atoms with E-state index in [9.17, 15) is 4.79 Å². The SMILES string of the molecule is Cc1ccc(N=C2S/C(=C/c3ccc4c(c3)CC(C)(C)O4)C(=O)N2c2ccc(C)cc2)cc1. The van der Waals surface area contributed by atoms with Gasteiger partial charge in [0.2, 0.25) is 0 Å². The Morgan fingerprint density at radius 3 is 2.33 bits per heavy atom. The van der Waals surface area contributed by atoms with Gasteiger partial charge in [0, 0.05) is 6.42 Å². The van der Waals surface area contributed by atoms with Gasteiger partial charge in [-0.1, -0.05) is 41.5 Å². The average molecular weight is 455 g/mol. The highest BCUT2D eigenvalue weighted by Crippen LogP contribution is 2.39. The van der Waals surface area contributed by atoms with Gasteiger partial charge < -0.3 is 4.74 Å². The van der Waals surface area contributed by atoms with Crippen molar-refractivity contribution in [2.45, 2.75) is 39.7 Å². The van der Waals surface area contributed by atoms with E-state index in [1.807, 2.05) is 80.6 Å². The quantitative estimate of drug-likeness (QED) is 0.408. The first-order valence-electron chi connectivity index (χ1n) is 11.1. The molecule has 2 aliphatic heterocycles. The second kappa shape index (κ2) is 8.23. The smallest absolute Gasteiger partial charge is 0.271 e. The predicted molar refractivity (Wildman–Crippen MR) is 137 cm³/mol. The minimum absolute atomic E-state index is 0.0632. The molecule has 2 aliphatic rings. The molecule has 1 amide bonds. The van der Waals surface area contributed by atoms with Crippen molar-refractivity contribution in [1.29, 1.82) is 0 Å². The first-order valence-corrected chi connectivity index (χ1v) is 11.9. The minimum atomic E-state index is -0.192. The zero-order valence-corrected chi connectivity index (χ0v) is 20.1. The molecule has 0 aromatic heterocycles. The third kappa shape index (κ3) is 4.46. The summed E-state index contributed by atoms with van der Waals surface area (Å²) in [5.74, 6) is 0.863. The van der Waals surface area contributed by atoms with E-state index < -0.39 is 0 Å². The number of anilines is 1. The lowest BCUT2D eigenvalue weighted by Gasteiger charge is -2.16. The predicted octanol–water partition coefficient (Wildman–Crippen LogP) is 6.83. The Morgan fingerprint density at radius 2 is 1.64 bits per heavy atom. The summed E-state index contributed by atoms with van der Waals surface area (Å²) in [7, 11) is 0. The van der Waals surface area contributed by atoms with Gasteiger partial charge in [-0.3, -0.25) is 9.69 Å². The topological polar surface area (TPSA) is 41.9 Å². The largest absolute Gasteiger partial charge is 0.487 e. The summed E-state index contributed by atoms with van der Waals surface area (Å²) in [5.41, 5.74) is 5.94. The van der Waals surface area contributed by atoms with E-state index in [0.29, 0.717) is 10.1 Å². The van der Waals surface area contributed by atoms with Crippen LogP contribution in [0.2, 0.25) is 0 Å². The van der Waals surface area contributed by atoms with Gasteiger partial charge in [-0.25, -0.2) is 4.99 Å². The van der Waals surface area contributed by atoms with Gasteiger partial charge in [0.1, 0.15) is 11.4 Å². The van der Waals surface area contributed by atoms with Crippen molar-refractivity contribution >= 4 is 40.3 Å². The van der Waals surface area contributed by atoms with E-state index >= 15 is 0 Å². The number of amides is 1. The van der Waals surface area contributed by atoms with Crippen LogP contribution in [0.4, 0.5) is 11.4 Å². The Labute approximate surface area is 199 Å². The number of carbonyl (C=O) groups excluding carboxylic acids is 1. The molecular formula is C28H26N2O2S. The fourth-order valence-electron chi connectivity index (χ4n) is 4.07. The molecule has 166 valence electrons. The van der Waals surface area contributed by atoms with Crippen molar-refractivity contribution in [3.63, 3.8) is 0 Å². The third-order valence-corrected chi connectivity index (χ3v) is 6.71. The number of hydrogen-bond acceptors (Lipinski definition) is 4. The normalized spacial score (nSPS) is 19.3. The van der Waals surface area contributed by atoms with E-state index in [2.05, 4.69) is 19.9 Å². The van der Waals surface area contributed by atoms with Gasteiger partial charge in [-0.15, -0.1) is 0 Å². The van der Waals surface area contributed by atoms with Crippen molar-refractivity contribution < 1.29 is 9.53 Å². The molecule has 33 heavy (non-hydrogen) atoms. The molecule has 0 unspecified atom stereocenters. The number of aliphatic imine (C=N–C) groups is 1. The van der Waals surface area contributed by atoms with Gasteiger partial charge in [-0.2, -0.15) is 0 Å². The summed E-state index contributed by atoms with van der Waals surface area (Å²) in [5, 5.41) is 0.657. The lowest BCUT2D eigenvalue weighted by Crippen LogP contribution is -2.28. The molecule has 0 bridgehead atoms. The second-order valence-electron chi connectivity index (χ2n) is 9.22. The number of rotatable bonds is 3. The van der Waals surface area contributed by atoms with Crippen LogP contribution in [0.3, 0.4) is 0 Å². The van der Waals surface area contributed by atoms with Crippen LogP contribution in [0.15, 0.2) is 76.6 Å². The highest BCUT2D eigenvalue weighted by Gasteiger charge is 2.35. The summed E-state index contributed by atoms with van der Waals surface area (Å²) in [4.78, 5) is 20.7. The number of hydrogen-bond donors (Lipinski definition) is 0. The van der Waals surface area contributed by atoms with Crippen molar-refractivity contribution in [2.75, 3.05) is 4.90 Å². The van der Waals surface area contributed by atoms with Gasteiger partial charge in [0.05, 0.1) is 16.3 Å². The summed E-state index contributed by atoms with van der Waals surface area (Å²) in [6, 6.07) is 22.1. The molecule has 1 fully saturated rings. The number of aryl methyl sites for hydroxylation is 2. The van der Waals surface area contributed by atoms with Crippen LogP contribution < -0.4 is 9.64 Å². The average Bonchev–Trinajstić information content (AvgIpc) is 3.24. The van der Waals surface area contributed by atoms with Crippen LogP contribution in [0.25, 0.3) is 6.08 Å². The van der Waals surface area contributed by atoms with Crippen LogP contribution in [0.1, 0.15) is 36.1 Å². The van der Waals surface area contributed by atoms with Crippen molar-refractivity contribution in [3.05, 3.63) is 93.9 Å². The fourth-order valence-corrected chi connectivity index (χ4v) is 5.07. The van der Waals surface area contributed by atoms with Crippen LogP contribution >= 0.6 is 11.8 Å². The van der Waals surface area contributed by atoms with E-state index in [-0.39, 0.29) is 11.5 Å². The zero-order valence-electron chi connectivity index (χ0n) is 19.3. The number of thioether (sulfide) groups is 1. The molecule has 4 nitrogen and oxygen atoms in total. The zero-order chi connectivity index (χ0) is 23.2. The number of carbonyl (C=O) groups is 1. The Morgan fingerprint density at radius 1 is 0.970 bits per heavy atom. The van der Waals surface area contributed by atoms with Crippen LogP contribution in [0, 0.1) is 13.8 Å². The maximum Gasteiger partial charge on any atom is 0.271 e. The summed E-state index contributed by atoms with van der Waals surface area (Å²) >= 11 is 1.41. The number of benzene rings is 3. The van der Waals surface area contributed by atoms with E-state index in [1.165, 1.54) is 22.9 Å². The van der Waals surface area contributed by atoms with Crippen LogP contribution in [0.5, 0.6) is 5.75 Å². The van der Waals surface area contributed by atoms with Crippen molar-refractivity contribution in [2.24, 2.45) is 4.99 Å². The second-order valence-corrected chi connectivity index (χ2v) is 10.2. The number of fused-ring (bicyclic) bond motifs is 1. The maximum atomic E-state index is 13.5. The Bertz CT molecular complexity index is 1290. The van der Waals surface area contributed by atoms with Crippen LogP contribution in [-0.4, -0.2) is 16.7 Å². The van der Waals surface area contributed by atoms with E-state index in [1.54, 1.807) is 4.90 Å². The lowest BCUT2D eigenvalue weighted by molar-refractivity contribution is -0.113. The number of amidine groups is 1. The van der Waals surface area contributed by atoms with Crippen molar-refractivity contribution in [1.82, 2.24) is 0 Å². The molecule has 3 aromatic carbocycles. The molecule has 0 saturated carbocycles. The highest BCUT2D eigenvalue weighted by atomic mass is 32.2. The van der Waals surface area contributed by atoms with Crippen molar-refractivity contribution in [3.8, 4) is 5.75 Å². The maximum absolute atomic E-state index is 13.5. The summed E-state index contributed by atoms with van der Waals surface area (Å²) < 4.78 is 6.00. The van der Waals surface area contributed by atoms with E-state index in [4.69, 9.17) is 9.73 Å². The molecule has 5 rings (SSSR count). The van der Waals surface area contributed by atoms with Gasteiger partial charge >= 0.3 is 0 Å². The monoisotopic (exact) mass is 454 g/mol. The van der Waals surface area contributed by atoms with Gasteiger partial charge in [0.15, 0.2) is 5.17 Å². The molecule has 5 heteroatoms. The van der Waals surface area contributed by atoms with Gasteiger partial charge in [-0.05, 0) is 93.1 Å². The van der Waals surface area contributed by atoms with E-state index in [0.717, 1.165) is 34.7 Å². The highest BCUT2D eigenvalue weighted by molar-refractivity contribution is 8.19. The molecule has 1 saturated heterocycles. The standard InChI is InChI=1S/C28H26N2O2S/c1-18-5-10-22(11-6-18)29-27-30(23-12-7-19(2)8-13-23)26(31)25(33-27)16-20-9-14-24-21(15-20)17-28(3,4)32-24/h5-16H,17H2,1-4H3/b25-16+,29-27?. The first-order chi connectivity index (χ1) is 15.8. The molecule has 2 heterocycles. The molecule has 0 N–H and O–H groups in total. The first kappa shape index (κ1) is 21.5. The molecule has 0 spiro atoms. The number of nitrogens with zero attached hydrogens (tertiary/aromatic N) is 2. The van der Waals surface area contributed by atoms with Crippen LogP contribution in [-0.2, 0) is 11.2 Å². The Balaban J connectivity index is 1.53. The molecule has 3 aromatic rings. The lowest BCUT2D eigenvalue weighted by atomic mass is 10.00. The Hall–Kier alpha value is -3.31. The molecular weight excluding hydrogens is 428 g/mol. The Kier molecular flexibility index (Phi) is 5.37. The molecule has 0 radical (unpaired) electrons. The molecule has 0 aliphatic carbocycles. The summed E-state index contributed by atoms with van der Waals surface area (Å²) in [6.45, 7) is 8.27. The number of ether oxygens (including phenoxy) is 1. The fraction of sp³-hybridized carbons (Fsp3) is 0.214. The minimum Gasteiger partial charge on any atom is -0.487 e. The summed E-state index contributed by atoms with van der Waals surface area (Å²) in [6.07, 6.45) is 2.81. The molecule has 0 atom stereocenters. The van der Waals surface area contributed by atoms with Gasteiger partial charge in [0.25, 0.3) is 5.91 Å².